The molecule has 0 radical (unpaired) electrons. The van der Waals surface area contributed by atoms with Crippen molar-refractivity contribution in [3.8, 4) is 0 Å². The molecule has 14 heavy (non-hydrogen) atoms. The van der Waals surface area contributed by atoms with Crippen LogP contribution in [-0.4, -0.2) is 6.04 Å². The van der Waals surface area contributed by atoms with Crippen LogP contribution in [0.1, 0.15) is 25.3 Å². The van der Waals surface area contributed by atoms with Gasteiger partial charge in [-0.05, 0) is 47.3 Å². The Labute approximate surface area is 97.8 Å². The predicted octanol–water partition coefficient (Wildman–Crippen LogP) is 3.48. The molecule has 0 aliphatic heterocycles. The molecule has 1 aliphatic carbocycles. The van der Waals surface area contributed by atoms with Crippen molar-refractivity contribution in [1.29, 1.82) is 0 Å². The van der Waals surface area contributed by atoms with E-state index in [1.807, 2.05) is 12.1 Å². The molecule has 1 aromatic rings. The van der Waals surface area contributed by atoms with Gasteiger partial charge in [-0.2, -0.15) is 0 Å². The zero-order valence-corrected chi connectivity index (χ0v) is 10.4. The van der Waals surface area contributed by atoms with Gasteiger partial charge in [-0.15, -0.1) is 0 Å². The molecule has 3 heteroatoms. The maximum absolute atomic E-state index is 6.06. The summed E-state index contributed by atoms with van der Waals surface area (Å²) in [5, 5.41) is 0.773. The van der Waals surface area contributed by atoms with Gasteiger partial charge in [0.1, 0.15) is 0 Å². The van der Waals surface area contributed by atoms with Crippen molar-refractivity contribution in [2.24, 2.45) is 5.73 Å². The Kier molecular flexibility index (Phi) is 2.63. The van der Waals surface area contributed by atoms with E-state index in [2.05, 4.69) is 28.9 Å². The van der Waals surface area contributed by atoms with Gasteiger partial charge in [0.05, 0.1) is 5.02 Å². The third-order valence-corrected chi connectivity index (χ3v) is 4.55. The monoisotopic (exact) mass is 273 g/mol. The van der Waals surface area contributed by atoms with Gasteiger partial charge in [0.2, 0.25) is 0 Å². The fourth-order valence-corrected chi connectivity index (χ4v) is 2.83. The second-order valence-corrected chi connectivity index (χ2v) is 5.25. The molecule has 1 fully saturated rings. The van der Waals surface area contributed by atoms with Crippen LogP contribution < -0.4 is 5.73 Å². The van der Waals surface area contributed by atoms with Crippen molar-refractivity contribution >= 4 is 27.5 Å². The van der Waals surface area contributed by atoms with Gasteiger partial charge in [0.25, 0.3) is 0 Å². The molecular weight excluding hydrogens is 261 g/mol. The summed E-state index contributed by atoms with van der Waals surface area (Å²) in [6.45, 7) is 2.07. The number of rotatable bonds is 2. The number of benzene rings is 1. The van der Waals surface area contributed by atoms with Crippen LogP contribution in [0, 0.1) is 0 Å². The normalized spacial score (nSPS) is 20.6. The summed E-state index contributed by atoms with van der Waals surface area (Å²) in [6.07, 6.45) is 2.34. The van der Waals surface area contributed by atoms with Gasteiger partial charge < -0.3 is 5.73 Å². The van der Waals surface area contributed by atoms with E-state index in [-0.39, 0.29) is 11.5 Å². The lowest BCUT2D eigenvalue weighted by Gasteiger charge is -2.21. The molecule has 2 rings (SSSR count). The highest BCUT2D eigenvalue weighted by Crippen LogP contribution is 2.53. The first-order valence-electron chi connectivity index (χ1n) is 4.78. The molecule has 1 unspecified atom stereocenters. The summed E-state index contributed by atoms with van der Waals surface area (Å²) in [5.74, 6) is 0. The first kappa shape index (κ1) is 10.5. The van der Waals surface area contributed by atoms with Crippen LogP contribution in [0.25, 0.3) is 0 Å². The molecule has 0 spiro atoms. The maximum Gasteiger partial charge on any atom is 0.0551 e. The molecule has 0 aromatic heterocycles. The molecule has 1 saturated carbocycles. The smallest absolute Gasteiger partial charge is 0.0551 e. The average molecular weight is 275 g/mol. The summed E-state index contributed by atoms with van der Waals surface area (Å²) in [5.41, 5.74) is 7.45. The van der Waals surface area contributed by atoms with E-state index in [1.54, 1.807) is 0 Å². The standard InChI is InChI=1S/C11H13BrClN/c1-7(14)11(5-6-11)8-3-2-4-9(13)10(8)12/h2-4,7H,5-6,14H2,1H3. The van der Waals surface area contributed by atoms with Crippen LogP contribution in [0.3, 0.4) is 0 Å². The van der Waals surface area contributed by atoms with Crippen LogP contribution >= 0.6 is 27.5 Å². The maximum atomic E-state index is 6.06. The van der Waals surface area contributed by atoms with E-state index in [1.165, 1.54) is 18.4 Å². The minimum Gasteiger partial charge on any atom is -0.327 e. The van der Waals surface area contributed by atoms with E-state index in [9.17, 15) is 0 Å². The second-order valence-electron chi connectivity index (χ2n) is 4.05. The van der Waals surface area contributed by atoms with Crippen molar-refractivity contribution in [1.82, 2.24) is 0 Å². The third-order valence-electron chi connectivity index (χ3n) is 3.15. The molecule has 76 valence electrons. The molecule has 0 amide bonds. The molecule has 1 atom stereocenters. The van der Waals surface area contributed by atoms with Crippen LogP contribution in [0.5, 0.6) is 0 Å². The minimum atomic E-state index is 0.170. The molecule has 1 nitrogen and oxygen atoms in total. The fourth-order valence-electron chi connectivity index (χ4n) is 1.99. The lowest BCUT2D eigenvalue weighted by atomic mass is 9.90. The Balaban J connectivity index is 2.47. The lowest BCUT2D eigenvalue weighted by Crippen LogP contribution is -2.31. The second kappa shape index (κ2) is 3.51. The van der Waals surface area contributed by atoms with Crippen molar-refractivity contribution in [2.75, 3.05) is 0 Å². The zero-order chi connectivity index (χ0) is 10.3. The molecule has 0 bridgehead atoms. The Morgan fingerprint density at radius 1 is 1.50 bits per heavy atom. The summed E-state index contributed by atoms with van der Waals surface area (Å²) in [7, 11) is 0. The Bertz CT molecular complexity index is 358. The SMILES string of the molecule is CC(N)C1(c2cccc(Cl)c2Br)CC1. The summed E-state index contributed by atoms with van der Waals surface area (Å²) < 4.78 is 1.01. The Hall–Kier alpha value is -0.0500. The summed E-state index contributed by atoms with van der Waals surface area (Å²) >= 11 is 9.60. The lowest BCUT2D eigenvalue weighted by molar-refractivity contribution is 0.554. The molecule has 0 heterocycles. The summed E-state index contributed by atoms with van der Waals surface area (Å²) in [6, 6.07) is 6.20. The molecule has 1 aromatic carbocycles. The van der Waals surface area contributed by atoms with Gasteiger partial charge >= 0.3 is 0 Å². The van der Waals surface area contributed by atoms with E-state index in [4.69, 9.17) is 17.3 Å². The topological polar surface area (TPSA) is 26.0 Å². The van der Waals surface area contributed by atoms with Crippen molar-refractivity contribution < 1.29 is 0 Å². The van der Waals surface area contributed by atoms with E-state index >= 15 is 0 Å². The van der Waals surface area contributed by atoms with Crippen molar-refractivity contribution in [2.45, 2.75) is 31.2 Å². The molecular formula is C11H13BrClN. The molecule has 0 saturated heterocycles. The van der Waals surface area contributed by atoms with Gasteiger partial charge in [-0.1, -0.05) is 23.7 Å². The molecule has 2 N–H and O–H groups in total. The first-order valence-corrected chi connectivity index (χ1v) is 5.95. The Morgan fingerprint density at radius 3 is 2.64 bits per heavy atom. The van der Waals surface area contributed by atoms with Crippen LogP contribution in [-0.2, 0) is 5.41 Å². The van der Waals surface area contributed by atoms with Crippen LogP contribution in [0.2, 0.25) is 5.02 Å². The van der Waals surface area contributed by atoms with Gasteiger partial charge in [-0.25, -0.2) is 0 Å². The summed E-state index contributed by atoms with van der Waals surface area (Å²) in [4.78, 5) is 0. The Morgan fingerprint density at radius 2 is 2.14 bits per heavy atom. The highest BCUT2D eigenvalue weighted by Gasteiger charge is 2.48. The fraction of sp³-hybridized carbons (Fsp3) is 0.455. The van der Waals surface area contributed by atoms with Crippen molar-refractivity contribution in [3.05, 3.63) is 33.3 Å². The number of hydrogen-bond donors (Lipinski definition) is 1. The van der Waals surface area contributed by atoms with Crippen LogP contribution in [0.15, 0.2) is 22.7 Å². The van der Waals surface area contributed by atoms with Gasteiger partial charge in [-0.3, -0.25) is 0 Å². The third kappa shape index (κ3) is 1.50. The van der Waals surface area contributed by atoms with Crippen molar-refractivity contribution in [3.63, 3.8) is 0 Å². The minimum absolute atomic E-state index is 0.170. The van der Waals surface area contributed by atoms with E-state index < -0.39 is 0 Å². The number of hydrogen-bond acceptors (Lipinski definition) is 1. The van der Waals surface area contributed by atoms with E-state index in [0.717, 1.165) is 9.50 Å². The number of nitrogens with two attached hydrogens (primary N) is 1. The number of halogens is 2. The average Bonchev–Trinajstić information content (AvgIpc) is 2.90. The zero-order valence-electron chi connectivity index (χ0n) is 8.06. The van der Waals surface area contributed by atoms with E-state index in [0.29, 0.717) is 0 Å². The highest BCUT2D eigenvalue weighted by atomic mass is 79.9. The quantitative estimate of drug-likeness (QED) is 0.878. The highest BCUT2D eigenvalue weighted by molar-refractivity contribution is 9.10. The largest absolute Gasteiger partial charge is 0.327 e. The predicted molar refractivity (Wildman–Crippen MR) is 63.7 cm³/mol. The van der Waals surface area contributed by atoms with Gasteiger partial charge in [0, 0.05) is 15.9 Å². The first-order chi connectivity index (χ1) is 6.58. The molecule has 1 aliphatic rings. The van der Waals surface area contributed by atoms with Gasteiger partial charge in [0.15, 0.2) is 0 Å². The van der Waals surface area contributed by atoms with Crippen LogP contribution in [0.4, 0.5) is 0 Å².